The van der Waals surface area contributed by atoms with Crippen LogP contribution in [-0.4, -0.2) is 39.4 Å². The van der Waals surface area contributed by atoms with Crippen molar-refractivity contribution in [2.45, 2.75) is 31.8 Å². The van der Waals surface area contributed by atoms with Crippen LogP contribution in [0, 0.1) is 0 Å². The van der Waals surface area contributed by atoms with E-state index in [1.807, 2.05) is 6.07 Å². The van der Waals surface area contributed by atoms with E-state index in [0.29, 0.717) is 6.10 Å². The summed E-state index contributed by atoms with van der Waals surface area (Å²) in [6.07, 6.45) is 5.36. The lowest BCUT2D eigenvalue weighted by Crippen LogP contribution is -2.43. The van der Waals surface area contributed by atoms with Crippen molar-refractivity contribution < 1.29 is 9.47 Å². The first-order valence-corrected chi connectivity index (χ1v) is 7.67. The molecule has 1 aromatic carbocycles. The molecular formula is C16H24N2O2. The van der Waals surface area contributed by atoms with Crippen LogP contribution >= 0.6 is 0 Å². The van der Waals surface area contributed by atoms with Gasteiger partial charge in [-0.05, 0) is 37.8 Å². The van der Waals surface area contributed by atoms with Crippen molar-refractivity contribution in [3.8, 4) is 11.5 Å². The third-order valence-corrected chi connectivity index (χ3v) is 4.22. The maximum Gasteiger partial charge on any atom is 0.143 e. The summed E-state index contributed by atoms with van der Waals surface area (Å²) in [5.74, 6) is 1.91. The molecule has 1 aromatic rings. The fraction of sp³-hybridized carbons (Fsp3) is 0.625. The molecule has 1 saturated heterocycles. The van der Waals surface area contributed by atoms with Crippen molar-refractivity contribution in [2.24, 2.45) is 0 Å². The molecule has 2 aliphatic rings. The Bertz CT molecular complexity index is 438. The lowest BCUT2D eigenvalue weighted by molar-refractivity contribution is 0.210. The number of ether oxygens (including phenoxy) is 2. The van der Waals surface area contributed by atoms with Crippen molar-refractivity contribution in [3.05, 3.63) is 18.2 Å². The summed E-state index contributed by atoms with van der Waals surface area (Å²) >= 11 is 0. The van der Waals surface area contributed by atoms with Crippen LogP contribution in [0.4, 0.5) is 5.69 Å². The molecule has 1 aliphatic carbocycles. The van der Waals surface area contributed by atoms with Gasteiger partial charge in [-0.3, -0.25) is 0 Å². The fourth-order valence-electron chi connectivity index (χ4n) is 3.06. The Morgan fingerprint density at radius 1 is 1.15 bits per heavy atom. The standard InChI is InChI=1S/C16H24N2O2/c1-19-14-6-7-16(20-13-4-2-3-5-13)15(12-14)18-10-8-17-9-11-18/h6-7,12-13,17H,2-5,8-11H2,1H3. The number of hydrogen-bond donors (Lipinski definition) is 1. The van der Waals surface area contributed by atoms with Gasteiger partial charge in [0.1, 0.15) is 11.5 Å². The van der Waals surface area contributed by atoms with Gasteiger partial charge in [-0.25, -0.2) is 0 Å². The average Bonchev–Trinajstić information content (AvgIpc) is 3.01. The SMILES string of the molecule is COc1ccc(OC2CCCC2)c(N2CCNCC2)c1. The summed E-state index contributed by atoms with van der Waals surface area (Å²) in [5.41, 5.74) is 1.18. The van der Waals surface area contributed by atoms with Crippen molar-refractivity contribution in [2.75, 3.05) is 38.2 Å². The van der Waals surface area contributed by atoms with Crippen LogP contribution in [0.5, 0.6) is 11.5 Å². The summed E-state index contributed by atoms with van der Waals surface area (Å²) in [4.78, 5) is 2.39. The largest absolute Gasteiger partial charge is 0.497 e. The van der Waals surface area contributed by atoms with E-state index < -0.39 is 0 Å². The topological polar surface area (TPSA) is 33.7 Å². The Kier molecular flexibility index (Phi) is 4.31. The Morgan fingerprint density at radius 3 is 2.60 bits per heavy atom. The van der Waals surface area contributed by atoms with E-state index in [1.165, 1.54) is 31.4 Å². The van der Waals surface area contributed by atoms with Crippen LogP contribution in [0.3, 0.4) is 0 Å². The summed E-state index contributed by atoms with van der Waals surface area (Å²) in [6.45, 7) is 4.10. The molecule has 0 amide bonds. The Morgan fingerprint density at radius 2 is 1.90 bits per heavy atom. The molecule has 1 N–H and O–H groups in total. The summed E-state index contributed by atoms with van der Waals surface area (Å²) < 4.78 is 11.6. The van der Waals surface area contributed by atoms with Gasteiger partial charge in [0, 0.05) is 32.2 Å². The molecular weight excluding hydrogens is 252 g/mol. The van der Waals surface area contributed by atoms with Crippen LogP contribution in [-0.2, 0) is 0 Å². The number of anilines is 1. The minimum Gasteiger partial charge on any atom is -0.497 e. The van der Waals surface area contributed by atoms with E-state index in [1.54, 1.807) is 7.11 Å². The highest BCUT2D eigenvalue weighted by molar-refractivity contribution is 5.62. The molecule has 0 atom stereocenters. The van der Waals surface area contributed by atoms with E-state index in [0.717, 1.165) is 37.7 Å². The third-order valence-electron chi connectivity index (χ3n) is 4.22. The van der Waals surface area contributed by atoms with Crippen LogP contribution < -0.4 is 19.7 Å². The van der Waals surface area contributed by atoms with Gasteiger partial charge in [-0.1, -0.05) is 0 Å². The molecule has 1 aliphatic heterocycles. The first-order valence-electron chi connectivity index (χ1n) is 7.67. The van der Waals surface area contributed by atoms with E-state index in [2.05, 4.69) is 22.3 Å². The molecule has 3 rings (SSSR count). The van der Waals surface area contributed by atoms with Gasteiger partial charge < -0.3 is 19.7 Å². The molecule has 1 saturated carbocycles. The number of methoxy groups -OCH3 is 1. The number of benzene rings is 1. The maximum absolute atomic E-state index is 6.24. The summed E-state index contributed by atoms with van der Waals surface area (Å²) in [7, 11) is 1.72. The van der Waals surface area contributed by atoms with Crippen molar-refractivity contribution in [1.82, 2.24) is 5.32 Å². The monoisotopic (exact) mass is 276 g/mol. The molecule has 2 fully saturated rings. The Labute approximate surface area is 121 Å². The zero-order valence-electron chi connectivity index (χ0n) is 12.2. The maximum atomic E-state index is 6.24. The fourth-order valence-corrected chi connectivity index (χ4v) is 3.06. The summed E-state index contributed by atoms with van der Waals surface area (Å²) in [5, 5.41) is 3.39. The molecule has 0 unspecified atom stereocenters. The van der Waals surface area contributed by atoms with E-state index in [-0.39, 0.29) is 0 Å². The zero-order chi connectivity index (χ0) is 13.8. The van der Waals surface area contributed by atoms with Gasteiger partial charge in [0.25, 0.3) is 0 Å². The van der Waals surface area contributed by atoms with Gasteiger partial charge in [0.2, 0.25) is 0 Å². The second kappa shape index (κ2) is 6.35. The normalized spacial score (nSPS) is 20.1. The van der Waals surface area contributed by atoms with Crippen LogP contribution in [0.1, 0.15) is 25.7 Å². The predicted octanol–water partition coefficient (Wildman–Crippen LogP) is 2.43. The molecule has 4 heteroatoms. The van der Waals surface area contributed by atoms with Gasteiger partial charge in [0.05, 0.1) is 18.9 Å². The number of rotatable bonds is 4. The van der Waals surface area contributed by atoms with Crippen molar-refractivity contribution >= 4 is 5.69 Å². The molecule has 4 nitrogen and oxygen atoms in total. The molecule has 20 heavy (non-hydrogen) atoms. The van der Waals surface area contributed by atoms with Gasteiger partial charge in [-0.15, -0.1) is 0 Å². The first-order chi connectivity index (χ1) is 9.86. The van der Waals surface area contributed by atoms with Crippen LogP contribution in [0.25, 0.3) is 0 Å². The number of piperazine rings is 1. The number of nitrogens with one attached hydrogen (secondary N) is 1. The molecule has 110 valence electrons. The van der Waals surface area contributed by atoms with Crippen LogP contribution in [0.15, 0.2) is 18.2 Å². The number of hydrogen-bond acceptors (Lipinski definition) is 4. The highest BCUT2D eigenvalue weighted by Crippen LogP contribution is 2.35. The molecule has 0 spiro atoms. The second-order valence-corrected chi connectivity index (χ2v) is 5.60. The van der Waals surface area contributed by atoms with Gasteiger partial charge in [0.15, 0.2) is 0 Å². The Hall–Kier alpha value is -1.42. The first kappa shape index (κ1) is 13.6. The number of nitrogens with zero attached hydrogens (tertiary/aromatic N) is 1. The smallest absolute Gasteiger partial charge is 0.143 e. The average molecular weight is 276 g/mol. The van der Waals surface area contributed by atoms with Crippen molar-refractivity contribution in [3.63, 3.8) is 0 Å². The van der Waals surface area contributed by atoms with E-state index in [9.17, 15) is 0 Å². The Balaban J connectivity index is 1.82. The molecule has 0 radical (unpaired) electrons. The highest BCUT2D eigenvalue weighted by atomic mass is 16.5. The van der Waals surface area contributed by atoms with Crippen LogP contribution in [0.2, 0.25) is 0 Å². The minimum atomic E-state index is 0.394. The second-order valence-electron chi connectivity index (χ2n) is 5.60. The molecule has 1 heterocycles. The molecule has 0 aromatic heterocycles. The minimum absolute atomic E-state index is 0.394. The predicted molar refractivity (Wildman–Crippen MR) is 81.0 cm³/mol. The van der Waals surface area contributed by atoms with E-state index in [4.69, 9.17) is 9.47 Å². The highest BCUT2D eigenvalue weighted by Gasteiger charge is 2.21. The lowest BCUT2D eigenvalue weighted by Gasteiger charge is -2.31. The van der Waals surface area contributed by atoms with Crippen molar-refractivity contribution in [1.29, 1.82) is 0 Å². The molecule has 0 bridgehead atoms. The third kappa shape index (κ3) is 3.01. The quantitative estimate of drug-likeness (QED) is 0.916. The zero-order valence-corrected chi connectivity index (χ0v) is 12.2. The van der Waals surface area contributed by atoms with E-state index >= 15 is 0 Å². The van der Waals surface area contributed by atoms with Gasteiger partial charge >= 0.3 is 0 Å². The van der Waals surface area contributed by atoms with Gasteiger partial charge in [-0.2, -0.15) is 0 Å². The summed E-state index contributed by atoms with van der Waals surface area (Å²) in [6, 6.07) is 6.17. The lowest BCUT2D eigenvalue weighted by atomic mass is 10.2.